The van der Waals surface area contributed by atoms with Crippen LogP contribution < -0.4 is 5.32 Å². The van der Waals surface area contributed by atoms with Gasteiger partial charge in [-0.3, -0.25) is 14.9 Å². The molecule has 0 spiro atoms. The van der Waals surface area contributed by atoms with Gasteiger partial charge >= 0.3 is 0 Å². The number of benzene rings is 2. The Morgan fingerprint density at radius 1 is 1.31 bits per heavy atom. The second kappa shape index (κ2) is 8.49. The quantitative estimate of drug-likeness (QED) is 0.633. The minimum absolute atomic E-state index is 0. The van der Waals surface area contributed by atoms with E-state index in [1.165, 1.54) is 6.07 Å². The zero-order chi connectivity index (χ0) is 18.0. The van der Waals surface area contributed by atoms with E-state index in [0.29, 0.717) is 35.8 Å². The lowest BCUT2D eigenvalue weighted by Gasteiger charge is -2.36. The van der Waals surface area contributed by atoms with Gasteiger partial charge in [-0.05, 0) is 30.7 Å². The molecule has 1 amide bonds. The first-order chi connectivity index (χ1) is 12.0. The summed E-state index contributed by atoms with van der Waals surface area (Å²) in [7, 11) is 0. The first-order valence-electron chi connectivity index (χ1n) is 7.99. The van der Waals surface area contributed by atoms with Crippen LogP contribution in [0.25, 0.3) is 0 Å². The van der Waals surface area contributed by atoms with E-state index in [2.05, 4.69) is 5.32 Å². The Labute approximate surface area is 162 Å². The zero-order valence-corrected chi connectivity index (χ0v) is 15.7. The van der Waals surface area contributed by atoms with Crippen molar-refractivity contribution in [3.63, 3.8) is 0 Å². The highest BCUT2D eigenvalue weighted by Crippen LogP contribution is 2.27. The summed E-state index contributed by atoms with van der Waals surface area (Å²) < 4.78 is 0. The third-order valence-electron chi connectivity index (χ3n) is 4.39. The van der Waals surface area contributed by atoms with E-state index in [4.69, 9.17) is 11.6 Å². The number of nitrogens with zero attached hydrogens (tertiary/aromatic N) is 2. The van der Waals surface area contributed by atoms with E-state index in [-0.39, 0.29) is 30.0 Å². The summed E-state index contributed by atoms with van der Waals surface area (Å²) >= 11 is 6.08. The Bertz CT molecular complexity index is 829. The van der Waals surface area contributed by atoms with Crippen LogP contribution in [-0.4, -0.2) is 35.4 Å². The molecular formula is C18H19Cl2N3O3. The van der Waals surface area contributed by atoms with Gasteiger partial charge in [-0.15, -0.1) is 12.4 Å². The number of nitro benzene ring substituents is 1. The number of rotatable bonds is 3. The number of halogens is 2. The number of hydrogen-bond donors (Lipinski definition) is 1. The highest BCUT2D eigenvalue weighted by Gasteiger charge is 2.29. The SMILES string of the molecule is Cc1ccc(C(=O)N2CCNCC2c2cccc(Cl)c2)cc1[N+](=O)[O-].Cl. The second-order valence-electron chi connectivity index (χ2n) is 6.03. The second-order valence-corrected chi connectivity index (χ2v) is 6.47. The number of nitrogens with one attached hydrogen (secondary N) is 1. The van der Waals surface area contributed by atoms with Crippen molar-refractivity contribution in [3.8, 4) is 0 Å². The standard InChI is InChI=1S/C18H18ClN3O3.ClH/c1-12-5-6-14(10-16(12)22(24)25)18(23)21-8-7-20-11-17(21)13-3-2-4-15(19)9-13;/h2-6,9-10,17,20H,7-8,11H2,1H3;1H. The van der Waals surface area contributed by atoms with E-state index in [1.54, 1.807) is 30.0 Å². The van der Waals surface area contributed by atoms with Crippen molar-refractivity contribution in [2.24, 2.45) is 0 Å². The molecule has 1 aliphatic heterocycles. The van der Waals surface area contributed by atoms with Crippen molar-refractivity contribution in [3.05, 3.63) is 74.3 Å². The smallest absolute Gasteiger partial charge is 0.273 e. The van der Waals surface area contributed by atoms with Crippen LogP contribution in [0.15, 0.2) is 42.5 Å². The van der Waals surface area contributed by atoms with Gasteiger partial charge in [0.15, 0.2) is 0 Å². The van der Waals surface area contributed by atoms with Gasteiger partial charge in [-0.25, -0.2) is 0 Å². The Hall–Kier alpha value is -2.15. The van der Waals surface area contributed by atoms with Gasteiger partial charge < -0.3 is 10.2 Å². The molecule has 0 aromatic heterocycles. The van der Waals surface area contributed by atoms with Crippen LogP contribution in [0.1, 0.15) is 27.5 Å². The van der Waals surface area contributed by atoms with E-state index in [9.17, 15) is 14.9 Å². The van der Waals surface area contributed by atoms with Gasteiger partial charge in [0.05, 0.1) is 11.0 Å². The fraction of sp³-hybridized carbons (Fsp3) is 0.278. The summed E-state index contributed by atoms with van der Waals surface area (Å²) in [4.78, 5) is 25.4. The van der Waals surface area contributed by atoms with Crippen LogP contribution in [0.2, 0.25) is 5.02 Å². The molecule has 6 nitrogen and oxygen atoms in total. The molecule has 0 radical (unpaired) electrons. The fourth-order valence-corrected chi connectivity index (χ4v) is 3.26. The van der Waals surface area contributed by atoms with Gasteiger partial charge in [0.2, 0.25) is 0 Å². The maximum atomic E-state index is 13.0. The number of amides is 1. The topological polar surface area (TPSA) is 75.5 Å². The molecule has 1 aliphatic rings. The van der Waals surface area contributed by atoms with Crippen molar-refractivity contribution >= 4 is 35.6 Å². The molecule has 26 heavy (non-hydrogen) atoms. The summed E-state index contributed by atoms with van der Waals surface area (Å²) in [6.45, 7) is 3.47. The molecule has 1 atom stereocenters. The van der Waals surface area contributed by atoms with Crippen molar-refractivity contribution in [2.45, 2.75) is 13.0 Å². The molecule has 0 bridgehead atoms. The Morgan fingerprint density at radius 3 is 2.77 bits per heavy atom. The highest BCUT2D eigenvalue weighted by atomic mass is 35.5. The number of piperazine rings is 1. The normalized spacial score (nSPS) is 16.7. The molecule has 138 valence electrons. The molecule has 1 N–H and O–H groups in total. The van der Waals surface area contributed by atoms with Gasteiger partial charge in [0.1, 0.15) is 0 Å². The predicted molar refractivity (Wildman–Crippen MR) is 103 cm³/mol. The largest absolute Gasteiger partial charge is 0.329 e. The monoisotopic (exact) mass is 395 g/mol. The van der Waals surface area contributed by atoms with Crippen LogP contribution in [0.4, 0.5) is 5.69 Å². The van der Waals surface area contributed by atoms with Gasteiger partial charge in [-0.1, -0.05) is 29.8 Å². The summed E-state index contributed by atoms with van der Waals surface area (Å²) in [6, 6.07) is 11.9. The maximum Gasteiger partial charge on any atom is 0.273 e. The number of carbonyl (C=O) groups is 1. The van der Waals surface area contributed by atoms with Gasteiger partial charge in [-0.2, -0.15) is 0 Å². The summed E-state index contributed by atoms with van der Waals surface area (Å²) in [5, 5.41) is 15.0. The van der Waals surface area contributed by atoms with Crippen LogP contribution in [0, 0.1) is 17.0 Å². The Morgan fingerprint density at radius 2 is 2.08 bits per heavy atom. The molecule has 8 heteroatoms. The molecule has 0 aliphatic carbocycles. The Kier molecular flexibility index (Phi) is 6.58. The number of carbonyl (C=O) groups excluding carboxylic acids is 1. The van der Waals surface area contributed by atoms with Crippen LogP contribution in [0.5, 0.6) is 0 Å². The van der Waals surface area contributed by atoms with Crippen molar-refractivity contribution in [2.75, 3.05) is 19.6 Å². The lowest BCUT2D eigenvalue weighted by molar-refractivity contribution is -0.385. The molecule has 2 aromatic carbocycles. The zero-order valence-electron chi connectivity index (χ0n) is 14.1. The first kappa shape index (κ1) is 20.2. The van der Waals surface area contributed by atoms with Crippen molar-refractivity contribution in [1.29, 1.82) is 0 Å². The third kappa shape index (κ3) is 4.15. The summed E-state index contributed by atoms with van der Waals surface area (Å²) in [6.07, 6.45) is 0. The van der Waals surface area contributed by atoms with E-state index >= 15 is 0 Å². The Balaban J connectivity index is 0.00000243. The van der Waals surface area contributed by atoms with Crippen LogP contribution in [-0.2, 0) is 0 Å². The van der Waals surface area contributed by atoms with Gasteiger partial charge in [0.25, 0.3) is 11.6 Å². The molecule has 1 heterocycles. The average Bonchev–Trinajstić information content (AvgIpc) is 2.61. The lowest BCUT2D eigenvalue weighted by Crippen LogP contribution is -2.48. The highest BCUT2D eigenvalue weighted by molar-refractivity contribution is 6.30. The number of aryl methyl sites for hydroxylation is 1. The molecular weight excluding hydrogens is 377 g/mol. The first-order valence-corrected chi connectivity index (χ1v) is 8.37. The summed E-state index contributed by atoms with van der Waals surface area (Å²) in [5.74, 6) is -0.213. The van der Waals surface area contributed by atoms with Crippen molar-refractivity contribution in [1.82, 2.24) is 10.2 Å². The minimum Gasteiger partial charge on any atom is -0.329 e. The predicted octanol–water partition coefficient (Wildman–Crippen LogP) is 3.77. The van der Waals surface area contributed by atoms with Gasteiger partial charge in [0, 0.05) is 41.9 Å². The molecule has 1 saturated heterocycles. The van der Waals surface area contributed by atoms with E-state index < -0.39 is 4.92 Å². The van der Waals surface area contributed by atoms with Crippen molar-refractivity contribution < 1.29 is 9.72 Å². The number of hydrogen-bond acceptors (Lipinski definition) is 4. The molecule has 1 fully saturated rings. The fourth-order valence-electron chi connectivity index (χ4n) is 3.06. The maximum absolute atomic E-state index is 13.0. The van der Waals surface area contributed by atoms with E-state index in [0.717, 1.165) is 5.56 Å². The third-order valence-corrected chi connectivity index (χ3v) is 4.63. The molecule has 2 aromatic rings. The molecule has 3 rings (SSSR count). The van der Waals surface area contributed by atoms with E-state index in [1.807, 2.05) is 18.2 Å². The lowest BCUT2D eigenvalue weighted by atomic mass is 10.0. The average molecular weight is 396 g/mol. The molecule has 0 saturated carbocycles. The summed E-state index contributed by atoms with van der Waals surface area (Å²) in [5.41, 5.74) is 1.76. The molecule has 1 unspecified atom stereocenters. The number of nitro groups is 1. The minimum atomic E-state index is -0.460. The van der Waals surface area contributed by atoms with Crippen LogP contribution >= 0.6 is 24.0 Å². The van der Waals surface area contributed by atoms with Crippen LogP contribution in [0.3, 0.4) is 0 Å².